The summed E-state index contributed by atoms with van der Waals surface area (Å²) >= 11 is 0. The second-order valence-electron chi connectivity index (χ2n) is 5.58. The van der Waals surface area contributed by atoms with Crippen molar-refractivity contribution in [3.63, 3.8) is 0 Å². The van der Waals surface area contributed by atoms with Crippen molar-refractivity contribution in [2.75, 3.05) is 11.9 Å². The summed E-state index contributed by atoms with van der Waals surface area (Å²) in [5.41, 5.74) is 2.29. The largest absolute Gasteiger partial charge is 0.382 e. The lowest BCUT2D eigenvalue weighted by Crippen LogP contribution is -2.58. The minimum Gasteiger partial charge on any atom is -0.382 e. The molecule has 0 radical (unpaired) electrons. The van der Waals surface area contributed by atoms with E-state index in [4.69, 9.17) is 5.26 Å². The Bertz CT molecular complexity index is 454. The Kier molecular flexibility index (Phi) is 2.97. The Morgan fingerprint density at radius 1 is 1.28 bits per heavy atom. The lowest BCUT2D eigenvalue weighted by molar-refractivity contribution is 0.135. The molecule has 1 aromatic carbocycles. The maximum atomic E-state index is 8.78. The molecular formula is C15H19N3. The van der Waals surface area contributed by atoms with Crippen LogP contribution in [0.1, 0.15) is 37.7 Å². The van der Waals surface area contributed by atoms with Gasteiger partial charge in [-0.25, -0.2) is 0 Å². The number of nitrogens with zero attached hydrogens (tertiary/aromatic N) is 1. The molecule has 1 atom stereocenters. The number of nitriles is 1. The predicted octanol–water partition coefficient (Wildman–Crippen LogP) is 2.64. The smallest absolute Gasteiger partial charge is 0.0991 e. The molecule has 1 saturated carbocycles. The fraction of sp³-hybridized carbons (Fsp3) is 0.533. The van der Waals surface area contributed by atoms with Gasteiger partial charge in [0, 0.05) is 17.3 Å². The number of piperidine rings is 1. The number of benzene rings is 1. The van der Waals surface area contributed by atoms with Gasteiger partial charge in [0.25, 0.3) is 0 Å². The minimum atomic E-state index is 0.433. The van der Waals surface area contributed by atoms with Crippen molar-refractivity contribution in [3.8, 4) is 6.07 Å². The van der Waals surface area contributed by atoms with E-state index in [-0.39, 0.29) is 0 Å². The average Bonchev–Trinajstić information content (AvgIpc) is 2.38. The molecule has 0 aromatic heterocycles. The van der Waals surface area contributed by atoms with Gasteiger partial charge in [-0.1, -0.05) is 0 Å². The summed E-state index contributed by atoms with van der Waals surface area (Å²) in [6.45, 7) is 1.12. The minimum absolute atomic E-state index is 0.433. The van der Waals surface area contributed by atoms with Crippen LogP contribution in [0.25, 0.3) is 0 Å². The van der Waals surface area contributed by atoms with Crippen molar-refractivity contribution in [2.45, 2.75) is 43.7 Å². The van der Waals surface area contributed by atoms with Crippen molar-refractivity contribution in [1.82, 2.24) is 5.32 Å². The van der Waals surface area contributed by atoms with Crippen molar-refractivity contribution < 1.29 is 0 Å². The van der Waals surface area contributed by atoms with E-state index >= 15 is 0 Å². The van der Waals surface area contributed by atoms with Gasteiger partial charge in [0.1, 0.15) is 0 Å². The summed E-state index contributed by atoms with van der Waals surface area (Å²) in [5, 5.41) is 16.1. The molecule has 0 amide bonds. The first-order valence-corrected chi connectivity index (χ1v) is 6.81. The molecule has 1 aliphatic carbocycles. The van der Waals surface area contributed by atoms with Crippen molar-refractivity contribution in [3.05, 3.63) is 29.8 Å². The van der Waals surface area contributed by atoms with E-state index in [2.05, 4.69) is 16.7 Å². The molecule has 2 N–H and O–H groups in total. The molecule has 1 saturated heterocycles. The normalized spacial score (nSPS) is 25.2. The van der Waals surface area contributed by atoms with Gasteiger partial charge in [-0.05, 0) is 62.9 Å². The molecule has 1 aliphatic heterocycles. The molecule has 1 aromatic rings. The predicted molar refractivity (Wildman–Crippen MR) is 72.4 cm³/mol. The number of hydrogen-bond acceptors (Lipinski definition) is 3. The van der Waals surface area contributed by atoms with Crippen LogP contribution in [0, 0.1) is 11.3 Å². The summed E-state index contributed by atoms with van der Waals surface area (Å²) < 4.78 is 0. The van der Waals surface area contributed by atoms with Crippen LogP contribution < -0.4 is 10.6 Å². The lowest BCUT2D eigenvalue weighted by atomic mass is 9.70. The van der Waals surface area contributed by atoms with E-state index in [1.807, 2.05) is 24.3 Å². The van der Waals surface area contributed by atoms with Crippen LogP contribution in [0.5, 0.6) is 0 Å². The Morgan fingerprint density at radius 3 is 2.67 bits per heavy atom. The zero-order chi connectivity index (χ0) is 12.4. The van der Waals surface area contributed by atoms with Gasteiger partial charge in [0.2, 0.25) is 0 Å². The Labute approximate surface area is 108 Å². The molecule has 18 heavy (non-hydrogen) atoms. The molecule has 3 nitrogen and oxygen atoms in total. The fourth-order valence-electron chi connectivity index (χ4n) is 3.14. The third kappa shape index (κ3) is 2.21. The summed E-state index contributed by atoms with van der Waals surface area (Å²) in [7, 11) is 0. The molecule has 1 spiro atoms. The molecule has 3 rings (SSSR count). The highest BCUT2D eigenvalue weighted by Crippen LogP contribution is 2.38. The summed E-state index contributed by atoms with van der Waals surface area (Å²) in [6.07, 6.45) is 6.45. The Hall–Kier alpha value is -1.53. The van der Waals surface area contributed by atoms with Gasteiger partial charge >= 0.3 is 0 Å². The molecule has 2 aliphatic rings. The lowest BCUT2D eigenvalue weighted by Gasteiger charge is -2.48. The number of nitrogens with one attached hydrogen (secondary N) is 2. The van der Waals surface area contributed by atoms with Crippen molar-refractivity contribution in [1.29, 1.82) is 5.26 Å². The van der Waals surface area contributed by atoms with Gasteiger partial charge in [-0.15, -0.1) is 0 Å². The van der Waals surface area contributed by atoms with Crippen LogP contribution in [-0.2, 0) is 0 Å². The second kappa shape index (κ2) is 4.62. The summed E-state index contributed by atoms with van der Waals surface area (Å²) in [6, 6.07) is 10.5. The summed E-state index contributed by atoms with van der Waals surface area (Å²) in [4.78, 5) is 0. The molecular weight excluding hydrogens is 222 g/mol. The number of hydrogen-bond donors (Lipinski definition) is 2. The maximum absolute atomic E-state index is 8.78. The number of anilines is 1. The van der Waals surface area contributed by atoms with Crippen LogP contribution >= 0.6 is 0 Å². The molecule has 2 fully saturated rings. The van der Waals surface area contributed by atoms with Gasteiger partial charge in [0.05, 0.1) is 11.6 Å². The van der Waals surface area contributed by atoms with E-state index in [1.54, 1.807) is 0 Å². The van der Waals surface area contributed by atoms with Crippen molar-refractivity contribution >= 4 is 5.69 Å². The zero-order valence-corrected chi connectivity index (χ0v) is 10.6. The SMILES string of the molecule is N#Cc1ccc(NC2CCNC3(CCC3)C2)cc1. The first-order chi connectivity index (χ1) is 8.80. The molecule has 0 bridgehead atoms. The molecule has 1 unspecified atom stereocenters. The first-order valence-electron chi connectivity index (χ1n) is 6.81. The van der Waals surface area contributed by atoms with Crippen LogP contribution in [0.3, 0.4) is 0 Å². The van der Waals surface area contributed by atoms with E-state index < -0.39 is 0 Å². The van der Waals surface area contributed by atoms with Gasteiger partial charge in [-0.2, -0.15) is 5.26 Å². The quantitative estimate of drug-likeness (QED) is 0.836. The average molecular weight is 241 g/mol. The fourth-order valence-corrected chi connectivity index (χ4v) is 3.14. The monoisotopic (exact) mass is 241 g/mol. The standard InChI is InChI=1S/C15H19N3/c16-11-12-2-4-13(5-3-12)18-14-6-9-17-15(10-14)7-1-8-15/h2-5,14,17-18H,1,6-10H2. The molecule has 1 heterocycles. The molecule has 94 valence electrons. The van der Waals surface area contributed by atoms with Gasteiger partial charge in [0.15, 0.2) is 0 Å². The Balaban J connectivity index is 1.63. The van der Waals surface area contributed by atoms with E-state index in [0.29, 0.717) is 11.6 Å². The summed E-state index contributed by atoms with van der Waals surface area (Å²) in [5.74, 6) is 0. The topological polar surface area (TPSA) is 47.9 Å². The first kappa shape index (κ1) is 11.6. The third-order valence-corrected chi connectivity index (χ3v) is 4.33. The van der Waals surface area contributed by atoms with Crippen LogP contribution in [0.15, 0.2) is 24.3 Å². The zero-order valence-electron chi connectivity index (χ0n) is 10.6. The highest BCUT2D eigenvalue weighted by atomic mass is 15.0. The number of rotatable bonds is 2. The van der Waals surface area contributed by atoms with Crippen LogP contribution in [0.4, 0.5) is 5.69 Å². The second-order valence-corrected chi connectivity index (χ2v) is 5.58. The van der Waals surface area contributed by atoms with E-state index in [9.17, 15) is 0 Å². The van der Waals surface area contributed by atoms with E-state index in [0.717, 1.165) is 17.8 Å². The van der Waals surface area contributed by atoms with Gasteiger partial charge in [-0.3, -0.25) is 0 Å². The third-order valence-electron chi connectivity index (χ3n) is 4.33. The maximum Gasteiger partial charge on any atom is 0.0991 e. The van der Waals surface area contributed by atoms with Crippen LogP contribution in [0.2, 0.25) is 0 Å². The highest BCUT2D eigenvalue weighted by Gasteiger charge is 2.40. The highest BCUT2D eigenvalue weighted by molar-refractivity contribution is 5.48. The van der Waals surface area contributed by atoms with Crippen molar-refractivity contribution in [2.24, 2.45) is 0 Å². The Morgan fingerprint density at radius 2 is 2.06 bits per heavy atom. The van der Waals surface area contributed by atoms with Crippen LogP contribution in [-0.4, -0.2) is 18.1 Å². The van der Waals surface area contributed by atoms with Gasteiger partial charge < -0.3 is 10.6 Å². The molecule has 3 heteroatoms. The van der Waals surface area contributed by atoms with E-state index in [1.165, 1.54) is 32.1 Å².